The summed E-state index contributed by atoms with van der Waals surface area (Å²) in [6.07, 6.45) is 1.50. The summed E-state index contributed by atoms with van der Waals surface area (Å²) in [6, 6.07) is 7.87. The van der Waals surface area contributed by atoms with Gasteiger partial charge in [0, 0.05) is 12.7 Å². The minimum atomic E-state index is -0.345. The number of nitrogens with two attached hydrogens (primary N) is 1. The Balaban J connectivity index is 2.21. The molecule has 1 aromatic carbocycles. The highest BCUT2D eigenvalue weighted by Crippen LogP contribution is 2.23. The molecule has 5 heteroatoms. The van der Waals surface area contributed by atoms with Gasteiger partial charge in [-0.05, 0) is 31.5 Å². The predicted octanol–water partition coefficient (Wildman–Crippen LogP) is 2.14. The van der Waals surface area contributed by atoms with Gasteiger partial charge in [-0.25, -0.2) is 5.84 Å². The van der Waals surface area contributed by atoms with Crippen LogP contribution in [-0.2, 0) is 6.54 Å². The van der Waals surface area contributed by atoms with Crippen LogP contribution >= 0.6 is 0 Å². The van der Waals surface area contributed by atoms with Gasteiger partial charge < -0.3 is 9.32 Å². The lowest BCUT2D eigenvalue weighted by Crippen LogP contribution is -2.31. The number of aryl methyl sites for hydroxylation is 2. The average Bonchev–Trinajstić information content (AvgIpc) is 2.85. The molecular weight excluding hydrogens is 254 g/mol. The van der Waals surface area contributed by atoms with Crippen molar-refractivity contribution in [2.75, 3.05) is 11.9 Å². The average molecular weight is 273 g/mol. The van der Waals surface area contributed by atoms with Gasteiger partial charge in [0.1, 0.15) is 5.76 Å². The molecule has 1 amide bonds. The van der Waals surface area contributed by atoms with Crippen molar-refractivity contribution < 1.29 is 9.21 Å². The topological polar surface area (TPSA) is 71.5 Å². The zero-order valence-electron chi connectivity index (χ0n) is 11.9. The molecule has 0 bridgehead atoms. The van der Waals surface area contributed by atoms with Crippen molar-refractivity contribution in [3.8, 4) is 0 Å². The molecule has 0 aliphatic heterocycles. The summed E-state index contributed by atoms with van der Waals surface area (Å²) >= 11 is 0. The molecule has 1 aromatic heterocycles. The number of hydrogen-bond acceptors (Lipinski definition) is 4. The highest BCUT2D eigenvalue weighted by molar-refractivity contribution is 5.94. The van der Waals surface area contributed by atoms with E-state index >= 15 is 0 Å². The first kappa shape index (κ1) is 14.1. The standard InChI is InChI=1S/C15H19N3O2/c1-10-4-5-13(11(2)8-10)18(3)9-14-12(6-7-20-14)15(19)17-16/h4-8H,9,16H2,1-3H3,(H,17,19). The molecule has 0 saturated heterocycles. The van der Waals surface area contributed by atoms with Crippen LogP contribution in [-0.4, -0.2) is 13.0 Å². The number of furan rings is 1. The number of hydrazine groups is 1. The first-order valence-corrected chi connectivity index (χ1v) is 6.38. The Kier molecular flexibility index (Phi) is 4.10. The molecule has 0 unspecified atom stereocenters. The zero-order chi connectivity index (χ0) is 14.7. The Morgan fingerprint density at radius 1 is 1.35 bits per heavy atom. The number of nitrogen functional groups attached to an aromatic ring is 1. The van der Waals surface area contributed by atoms with Crippen LogP contribution in [0.15, 0.2) is 34.9 Å². The molecule has 20 heavy (non-hydrogen) atoms. The molecule has 2 rings (SSSR count). The third-order valence-electron chi connectivity index (χ3n) is 3.27. The van der Waals surface area contributed by atoms with Crippen LogP contribution in [0.5, 0.6) is 0 Å². The Labute approximate surface area is 118 Å². The van der Waals surface area contributed by atoms with E-state index < -0.39 is 0 Å². The van der Waals surface area contributed by atoms with Gasteiger partial charge in [0.05, 0.1) is 18.4 Å². The molecule has 1 heterocycles. The van der Waals surface area contributed by atoms with Crippen molar-refractivity contribution in [3.05, 3.63) is 53.0 Å². The third kappa shape index (κ3) is 2.83. The Morgan fingerprint density at radius 3 is 2.75 bits per heavy atom. The van der Waals surface area contributed by atoms with Gasteiger partial charge in [0.2, 0.25) is 0 Å². The molecule has 106 valence electrons. The SMILES string of the molecule is Cc1ccc(N(C)Cc2occc2C(=O)NN)c(C)c1. The number of amides is 1. The summed E-state index contributed by atoms with van der Waals surface area (Å²) in [5.74, 6) is 5.41. The van der Waals surface area contributed by atoms with Crippen LogP contribution in [0.4, 0.5) is 5.69 Å². The first-order chi connectivity index (χ1) is 9.52. The van der Waals surface area contributed by atoms with Gasteiger partial charge in [0.25, 0.3) is 5.91 Å². The van der Waals surface area contributed by atoms with Gasteiger partial charge in [-0.15, -0.1) is 0 Å². The minimum Gasteiger partial charge on any atom is -0.467 e. The minimum absolute atomic E-state index is 0.345. The number of nitrogens with zero attached hydrogens (tertiary/aromatic N) is 1. The highest BCUT2D eigenvalue weighted by Gasteiger charge is 2.16. The third-order valence-corrected chi connectivity index (χ3v) is 3.27. The number of anilines is 1. The van der Waals surface area contributed by atoms with E-state index in [2.05, 4.69) is 37.5 Å². The van der Waals surface area contributed by atoms with Crippen molar-refractivity contribution in [2.45, 2.75) is 20.4 Å². The molecule has 0 atom stereocenters. The van der Waals surface area contributed by atoms with Gasteiger partial charge >= 0.3 is 0 Å². The van der Waals surface area contributed by atoms with E-state index in [0.29, 0.717) is 17.9 Å². The number of rotatable bonds is 4. The van der Waals surface area contributed by atoms with Crippen LogP contribution in [0.2, 0.25) is 0 Å². The molecule has 0 aliphatic carbocycles. The molecular formula is C15H19N3O2. The summed E-state index contributed by atoms with van der Waals surface area (Å²) in [4.78, 5) is 13.7. The maximum absolute atomic E-state index is 11.6. The number of nitrogens with one attached hydrogen (secondary N) is 1. The quantitative estimate of drug-likeness (QED) is 0.508. The fourth-order valence-electron chi connectivity index (χ4n) is 2.28. The molecule has 0 fully saturated rings. The largest absolute Gasteiger partial charge is 0.467 e. The van der Waals surface area contributed by atoms with Crippen molar-refractivity contribution in [1.82, 2.24) is 5.43 Å². The van der Waals surface area contributed by atoms with Crippen LogP contribution in [0.1, 0.15) is 27.2 Å². The van der Waals surface area contributed by atoms with Crippen molar-refractivity contribution >= 4 is 11.6 Å². The van der Waals surface area contributed by atoms with Crippen molar-refractivity contribution in [2.24, 2.45) is 5.84 Å². The Hall–Kier alpha value is -2.27. The van der Waals surface area contributed by atoms with Crippen molar-refractivity contribution in [3.63, 3.8) is 0 Å². The molecule has 0 saturated carbocycles. The maximum Gasteiger partial charge on any atom is 0.268 e. The van der Waals surface area contributed by atoms with E-state index in [9.17, 15) is 4.79 Å². The summed E-state index contributed by atoms with van der Waals surface area (Å²) < 4.78 is 5.39. The number of benzene rings is 1. The fourth-order valence-corrected chi connectivity index (χ4v) is 2.28. The second kappa shape index (κ2) is 5.79. The molecule has 0 spiro atoms. The van der Waals surface area contributed by atoms with Crippen LogP contribution < -0.4 is 16.2 Å². The summed E-state index contributed by atoms with van der Waals surface area (Å²) in [7, 11) is 1.96. The normalized spacial score (nSPS) is 10.4. The number of carbonyl (C=O) groups excluding carboxylic acids is 1. The number of hydrogen-bond donors (Lipinski definition) is 2. The second-order valence-electron chi connectivity index (χ2n) is 4.88. The van der Waals surface area contributed by atoms with Crippen LogP contribution in [0.3, 0.4) is 0 Å². The molecule has 0 aliphatic rings. The lowest BCUT2D eigenvalue weighted by atomic mass is 10.1. The second-order valence-corrected chi connectivity index (χ2v) is 4.88. The molecule has 2 aromatic rings. The molecule has 0 radical (unpaired) electrons. The predicted molar refractivity (Wildman–Crippen MR) is 78.4 cm³/mol. The van der Waals surface area contributed by atoms with E-state index in [4.69, 9.17) is 10.3 Å². The van der Waals surface area contributed by atoms with Gasteiger partial charge in [0.15, 0.2) is 0 Å². The zero-order valence-corrected chi connectivity index (χ0v) is 11.9. The summed E-state index contributed by atoms with van der Waals surface area (Å²) in [5.41, 5.74) is 6.09. The first-order valence-electron chi connectivity index (χ1n) is 6.38. The van der Waals surface area contributed by atoms with E-state index in [-0.39, 0.29) is 5.91 Å². The van der Waals surface area contributed by atoms with E-state index in [1.165, 1.54) is 17.4 Å². The van der Waals surface area contributed by atoms with Gasteiger partial charge in [-0.1, -0.05) is 17.7 Å². The van der Waals surface area contributed by atoms with Crippen LogP contribution in [0.25, 0.3) is 0 Å². The molecule has 5 nitrogen and oxygen atoms in total. The maximum atomic E-state index is 11.6. The monoisotopic (exact) mass is 273 g/mol. The van der Waals surface area contributed by atoms with Crippen molar-refractivity contribution in [1.29, 1.82) is 0 Å². The van der Waals surface area contributed by atoms with E-state index in [1.54, 1.807) is 6.07 Å². The van der Waals surface area contributed by atoms with E-state index in [1.807, 2.05) is 11.9 Å². The van der Waals surface area contributed by atoms with E-state index in [0.717, 1.165) is 5.69 Å². The Morgan fingerprint density at radius 2 is 2.10 bits per heavy atom. The highest BCUT2D eigenvalue weighted by atomic mass is 16.3. The smallest absolute Gasteiger partial charge is 0.268 e. The van der Waals surface area contributed by atoms with Crippen LogP contribution in [0, 0.1) is 13.8 Å². The number of carbonyl (C=O) groups is 1. The van der Waals surface area contributed by atoms with Gasteiger partial charge in [-0.2, -0.15) is 0 Å². The lowest BCUT2D eigenvalue weighted by Gasteiger charge is -2.21. The van der Waals surface area contributed by atoms with Gasteiger partial charge in [-0.3, -0.25) is 10.2 Å². The summed E-state index contributed by atoms with van der Waals surface area (Å²) in [5, 5.41) is 0. The fraction of sp³-hybridized carbons (Fsp3) is 0.267. The lowest BCUT2D eigenvalue weighted by molar-refractivity contribution is 0.0951. The Bertz CT molecular complexity index is 619. The molecule has 3 N–H and O–H groups in total. The summed E-state index contributed by atoms with van der Waals surface area (Å²) in [6.45, 7) is 4.63.